The number of hydrogen-bond donors (Lipinski definition) is 0. The van der Waals surface area contributed by atoms with Crippen molar-refractivity contribution < 1.29 is 9.53 Å². The Bertz CT molecular complexity index is 1310. The Hall–Kier alpha value is -2.87. The van der Waals surface area contributed by atoms with Gasteiger partial charge in [0.1, 0.15) is 6.61 Å². The van der Waals surface area contributed by atoms with E-state index in [2.05, 4.69) is 54.6 Å². The molecule has 0 atom stereocenters. The Morgan fingerprint density at radius 3 is 2.50 bits per heavy atom. The first-order valence-electron chi connectivity index (χ1n) is 10.1. The summed E-state index contributed by atoms with van der Waals surface area (Å²) in [5, 5.41) is 8.90. The van der Waals surface area contributed by atoms with Gasteiger partial charge in [-0.2, -0.15) is 0 Å². The molecule has 4 aromatic carbocycles. The summed E-state index contributed by atoms with van der Waals surface area (Å²) < 4.78 is 5.84. The summed E-state index contributed by atoms with van der Waals surface area (Å²) in [4.78, 5) is 12.6. The molecule has 0 saturated carbocycles. The molecule has 2 heteroatoms. The van der Waals surface area contributed by atoms with Gasteiger partial charge in [-0.25, -0.2) is 0 Å². The second-order valence-corrected chi connectivity index (χ2v) is 8.47. The molecule has 0 N–H and O–H groups in total. The third kappa shape index (κ3) is 2.37. The third-order valence-corrected chi connectivity index (χ3v) is 6.45. The van der Waals surface area contributed by atoms with E-state index < -0.39 is 5.41 Å². The second kappa shape index (κ2) is 6.07. The summed E-state index contributed by atoms with van der Waals surface area (Å²) in [6, 6.07) is 17.4. The van der Waals surface area contributed by atoms with Crippen LogP contribution in [0.15, 0.2) is 48.5 Å². The van der Waals surface area contributed by atoms with Crippen molar-refractivity contribution in [3.63, 3.8) is 0 Å². The highest BCUT2D eigenvalue weighted by Crippen LogP contribution is 2.39. The maximum atomic E-state index is 12.6. The van der Waals surface area contributed by atoms with Crippen LogP contribution < -0.4 is 5.22 Å². The lowest BCUT2D eigenvalue weighted by Crippen LogP contribution is -2.25. The molecule has 0 aromatic heterocycles. The highest BCUT2D eigenvalue weighted by molar-refractivity contribution is 6.24. The molecule has 5 rings (SSSR count). The van der Waals surface area contributed by atoms with Crippen LogP contribution in [-0.4, -0.2) is 5.97 Å². The van der Waals surface area contributed by atoms with E-state index in [1.807, 2.05) is 20.8 Å². The predicted octanol–water partition coefficient (Wildman–Crippen LogP) is 5.68. The molecule has 28 heavy (non-hydrogen) atoms. The van der Waals surface area contributed by atoms with Crippen molar-refractivity contribution in [2.24, 2.45) is 5.41 Å². The van der Waals surface area contributed by atoms with Gasteiger partial charge in [0.05, 0.1) is 5.41 Å². The highest BCUT2D eigenvalue weighted by Gasteiger charge is 2.28. The summed E-state index contributed by atoms with van der Waals surface area (Å²) in [6.07, 6.45) is 4.03. The molecule has 0 aliphatic heterocycles. The van der Waals surface area contributed by atoms with Crippen LogP contribution in [0.3, 0.4) is 0 Å². The van der Waals surface area contributed by atoms with E-state index in [1.54, 1.807) is 0 Å². The van der Waals surface area contributed by atoms with Gasteiger partial charge in [-0.05, 0) is 69.8 Å². The molecule has 0 radical (unpaired) electrons. The summed E-state index contributed by atoms with van der Waals surface area (Å²) in [5.74, 6) is -0.132. The number of hydrogen-bond acceptors (Lipinski definition) is 2. The van der Waals surface area contributed by atoms with Crippen molar-refractivity contribution in [2.75, 3.05) is 0 Å². The molecular formula is C26H24O2. The molecule has 140 valence electrons. The standard InChI is InChI=1S/C26H24O2/c1-4-26(2,3)25(27)28-15-21-19-9-5-7-16-11-13-18-14-12-17-8-6-10-20(21)23(17)24(18)22(16)19/h5-11,13-14H,4,12,15H2,1-3H3. The quantitative estimate of drug-likeness (QED) is 0.263. The summed E-state index contributed by atoms with van der Waals surface area (Å²) in [7, 11) is 0. The molecular weight excluding hydrogens is 344 g/mol. The maximum Gasteiger partial charge on any atom is 0.311 e. The van der Waals surface area contributed by atoms with Crippen LogP contribution in [0.4, 0.5) is 0 Å². The second-order valence-electron chi connectivity index (χ2n) is 8.47. The van der Waals surface area contributed by atoms with Crippen LogP contribution in [0.1, 0.15) is 38.3 Å². The zero-order chi connectivity index (χ0) is 19.5. The Morgan fingerprint density at radius 1 is 0.964 bits per heavy atom. The molecule has 2 nitrogen and oxygen atoms in total. The first-order chi connectivity index (χ1) is 13.5. The third-order valence-electron chi connectivity index (χ3n) is 6.45. The molecule has 0 spiro atoms. The fraction of sp³-hybridized carbons (Fsp3) is 0.269. The van der Waals surface area contributed by atoms with E-state index in [1.165, 1.54) is 43.1 Å². The fourth-order valence-electron chi connectivity index (χ4n) is 4.40. The van der Waals surface area contributed by atoms with Crippen LogP contribution >= 0.6 is 0 Å². The van der Waals surface area contributed by atoms with Gasteiger partial charge in [0.2, 0.25) is 0 Å². The van der Waals surface area contributed by atoms with E-state index >= 15 is 0 Å². The molecule has 1 aliphatic rings. The van der Waals surface area contributed by atoms with Gasteiger partial charge in [0.15, 0.2) is 0 Å². The average molecular weight is 368 g/mol. The topological polar surface area (TPSA) is 26.3 Å². The van der Waals surface area contributed by atoms with E-state index in [0.717, 1.165) is 18.4 Å². The molecule has 0 amide bonds. The largest absolute Gasteiger partial charge is 0.460 e. The number of carbonyl (C=O) groups is 1. The van der Waals surface area contributed by atoms with Gasteiger partial charge < -0.3 is 4.74 Å². The van der Waals surface area contributed by atoms with Crippen molar-refractivity contribution in [3.8, 4) is 0 Å². The fourth-order valence-corrected chi connectivity index (χ4v) is 4.40. The molecule has 4 aromatic rings. The predicted molar refractivity (Wildman–Crippen MR) is 116 cm³/mol. The van der Waals surface area contributed by atoms with E-state index in [9.17, 15) is 4.79 Å². The Kier molecular flexibility index (Phi) is 3.74. The molecule has 1 aliphatic carbocycles. The lowest BCUT2D eigenvalue weighted by atomic mass is 9.85. The Balaban J connectivity index is 1.80. The van der Waals surface area contributed by atoms with E-state index in [4.69, 9.17) is 4.74 Å². The average Bonchev–Trinajstić information content (AvgIpc) is 2.72. The SMILES string of the molecule is CCC(C)(C)C(=O)OCc1c2cccc3c2c2c(ccc4cccc1c42)=CC3. The summed E-state index contributed by atoms with van der Waals surface area (Å²) in [6.45, 7) is 6.23. The minimum absolute atomic E-state index is 0.132. The van der Waals surface area contributed by atoms with Gasteiger partial charge in [-0.3, -0.25) is 4.79 Å². The van der Waals surface area contributed by atoms with Crippen LogP contribution in [0.2, 0.25) is 0 Å². The molecule has 0 unspecified atom stereocenters. The van der Waals surface area contributed by atoms with Crippen LogP contribution in [0, 0.1) is 5.41 Å². The molecule has 0 bridgehead atoms. The summed E-state index contributed by atoms with van der Waals surface area (Å²) in [5.41, 5.74) is 2.01. The number of ether oxygens (including phenoxy) is 1. The van der Waals surface area contributed by atoms with Gasteiger partial charge in [-0.1, -0.05) is 61.5 Å². The molecule has 0 heterocycles. The number of carbonyl (C=O) groups excluding carboxylic acids is 1. The number of benzene rings is 4. The normalized spacial score (nSPS) is 13.4. The lowest BCUT2D eigenvalue weighted by Gasteiger charge is -2.23. The van der Waals surface area contributed by atoms with E-state index in [-0.39, 0.29) is 5.97 Å². The van der Waals surface area contributed by atoms with Crippen molar-refractivity contribution >= 4 is 44.4 Å². The zero-order valence-corrected chi connectivity index (χ0v) is 16.6. The Labute approximate surface area is 164 Å². The Morgan fingerprint density at radius 2 is 1.71 bits per heavy atom. The first kappa shape index (κ1) is 17.2. The van der Waals surface area contributed by atoms with Crippen LogP contribution in [0.25, 0.3) is 38.4 Å². The monoisotopic (exact) mass is 368 g/mol. The van der Waals surface area contributed by atoms with Crippen molar-refractivity contribution in [1.82, 2.24) is 0 Å². The lowest BCUT2D eigenvalue weighted by molar-refractivity contribution is -0.155. The summed E-state index contributed by atoms with van der Waals surface area (Å²) >= 11 is 0. The van der Waals surface area contributed by atoms with Crippen LogP contribution in [0.5, 0.6) is 0 Å². The zero-order valence-electron chi connectivity index (χ0n) is 16.6. The van der Waals surface area contributed by atoms with Crippen molar-refractivity contribution in [2.45, 2.75) is 40.2 Å². The van der Waals surface area contributed by atoms with Gasteiger partial charge in [0, 0.05) is 5.56 Å². The smallest absolute Gasteiger partial charge is 0.311 e. The van der Waals surface area contributed by atoms with Gasteiger partial charge >= 0.3 is 5.97 Å². The minimum atomic E-state index is -0.461. The minimum Gasteiger partial charge on any atom is -0.460 e. The maximum absolute atomic E-state index is 12.6. The molecule has 0 saturated heterocycles. The van der Waals surface area contributed by atoms with Crippen molar-refractivity contribution in [3.05, 3.63) is 64.9 Å². The molecule has 0 fully saturated rings. The van der Waals surface area contributed by atoms with Gasteiger partial charge in [0.25, 0.3) is 0 Å². The number of rotatable bonds is 4. The van der Waals surface area contributed by atoms with Crippen molar-refractivity contribution in [1.29, 1.82) is 0 Å². The van der Waals surface area contributed by atoms with E-state index in [0.29, 0.717) is 6.61 Å². The van der Waals surface area contributed by atoms with Crippen LogP contribution in [-0.2, 0) is 22.6 Å². The first-order valence-corrected chi connectivity index (χ1v) is 10.1. The number of esters is 1. The van der Waals surface area contributed by atoms with Gasteiger partial charge in [-0.15, -0.1) is 0 Å². The highest BCUT2D eigenvalue weighted by atomic mass is 16.5.